The summed E-state index contributed by atoms with van der Waals surface area (Å²) in [7, 11) is 1.92. The standard InChI is InChI=1S/C22H29N3O3/c1-18-5-3-4-6-21(18)28-16-11-24(2)17-22(26)23-19-7-9-20(10-8-19)25-12-14-27-15-13-25/h3-10H,11-17H2,1-2H3,(H,23,26). The first-order chi connectivity index (χ1) is 13.6. The van der Waals surface area contributed by atoms with Crippen LogP contribution in [0.1, 0.15) is 5.56 Å². The number of rotatable bonds is 8. The molecule has 0 aromatic heterocycles. The predicted molar refractivity (Wildman–Crippen MR) is 112 cm³/mol. The van der Waals surface area contributed by atoms with Gasteiger partial charge in [-0.1, -0.05) is 18.2 Å². The van der Waals surface area contributed by atoms with Crippen molar-refractivity contribution in [2.75, 3.05) is 63.3 Å². The van der Waals surface area contributed by atoms with E-state index in [1.54, 1.807) is 0 Å². The SMILES string of the molecule is Cc1ccccc1OCCN(C)CC(=O)Nc1ccc(N2CCOCC2)cc1. The van der Waals surface area contributed by atoms with E-state index in [0.29, 0.717) is 19.7 Å². The zero-order chi connectivity index (χ0) is 19.8. The lowest BCUT2D eigenvalue weighted by Crippen LogP contribution is -2.36. The predicted octanol–water partition coefficient (Wildman–Crippen LogP) is 2.78. The average molecular weight is 383 g/mol. The lowest BCUT2D eigenvalue weighted by atomic mass is 10.2. The van der Waals surface area contributed by atoms with E-state index in [0.717, 1.165) is 49.0 Å². The van der Waals surface area contributed by atoms with Crippen LogP contribution in [0.5, 0.6) is 5.75 Å². The Bertz CT molecular complexity index is 758. The number of nitrogens with one attached hydrogen (secondary N) is 1. The molecule has 0 bridgehead atoms. The first-order valence-electron chi connectivity index (χ1n) is 9.71. The highest BCUT2D eigenvalue weighted by Gasteiger charge is 2.12. The fourth-order valence-electron chi connectivity index (χ4n) is 3.13. The number of hydrogen-bond donors (Lipinski definition) is 1. The third kappa shape index (κ3) is 5.97. The Morgan fingerprint density at radius 3 is 2.57 bits per heavy atom. The zero-order valence-electron chi connectivity index (χ0n) is 16.7. The van der Waals surface area contributed by atoms with Crippen LogP contribution in [0.2, 0.25) is 0 Å². The minimum Gasteiger partial charge on any atom is -0.492 e. The lowest BCUT2D eigenvalue weighted by Gasteiger charge is -2.28. The first kappa shape index (κ1) is 20.2. The third-order valence-corrected chi connectivity index (χ3v) is 4.76. The molecule has 0 spiro atoms. The molecule has 1 heterocycles. The summed E-state index contributed by atoms with van der Waals surface area (Å²) in [6, 6.07) is 15.9. The number of ether oxygens (including phenoxy) is 2. The Labute approximate surface area is 167 Å². The number of carbonyl (C=O) groups excluding carboxylic acids is 1. The molecule has 1 N–H and O–H groups in total. The Morgan fingerprint density at radius 2 is 1.86 bits per heavy atom. The molecule has 2 aromatic rings. The molecule has 1 aliphatic heterocycles. The summed E-state index contributed by atoms with van der Waals surface area (Å²) in [5.74, 6) is 0.859. The summed E-state index contributed by atoms with van der Waals surface area (Å²) in [4.78, 5) is 16.5. The summed E-state index contributed by atoms with van der Waals surface area (Å²) in [5, 5.41) is 2.96. The van der Waals surface area contributed by atoms with Gasteiger partial charge in [-0.05, 0) is 49.9 Å². The van der Waals surface area contributed by atoms with E-state index in [1.807, 2.05) is 67.4 Å². The summed E-state index contributed by atoms with van der Waals surface area (Å²) >= 11 is 0. The number of morpholine rings is 1. The van der Waals surface area contributed by atoms with Gasteiger partial charge in [0.25, 0.3) is 0 Å². The van der Waals surface area contributed by atoms with Crippen LogP contribution in [0, 0.1) is 6.92 Å². The maximum atomic E-state index is 12.3. The van der Waals surface area contributed by atoms with Gasteiger partial charge in [-0.2, -0.15) is 0 Å². The number of anilines is 2. The van der Waals surface area contributed by atoms with E-state index in [2.05, 4.69) is 10.2 Å². The summed E-state index contributed by atoms with van der Waals surface area (Å²) in [6.45, 7) is 6.90. The number of carbonyl (C=O) groups is 1. The van der Waals surface area contributed by atoms with Crippen LogP contribution >= 0.6 is 0 Å². The molecule has 28 heavy (non-hydrogen) atoms. The van der Waals surface area contributed by atoms with Crippen LogP contribution < -0.4 is 15.0 Å². The van der Waals surface area contributed by atoms with Crippen molar-refractivity contribution in [2.45, 2.75) is 6.92 Å². The maximum absolute atomic E-state index is 12.3. The van der Waals surface area contributed by atoms with Crippen molar-refractivity contribution < 1.29 is 14.3 Å². The van der Waals surface area contributed by atoms with Crippen molar-refractivity contribution in [1.82, 2.24) is 4.90 Å². The number of aryl methyl sites for hydroxylation is 1. The fraction of sp³-hybridized carbons (Fsp3) is 0.409. The molecular weight excluding hydrogens is 354 g/mol. The van der Waals surface area contributed by atoms with Crippen molar-refractivity contribution >= 4 is 17.3 Å². The zero-order valence-corrected chi connectivity index (χ0v) is 16.7. The van der Waals surface area contributed by atoms with Crippen molar-refractivity contribution in [1.29, 1.82) is 0 Å². The number of benzene rings is 2. The minimum atomic E-state index is -0.0301. The molecule has 2 aromatic carbocycles. The number of nitrogens with zero attached hydrogens (tertiary/aromatic N) is 2. The van der Waals surface area contributed by atoms with E-state index >= 15 is 0 Å². The number of amides is 1. The topological polar surface area (TPSA) is 54.0 Å². The second-order valence-corrected chi connectivity index (χ2v) is 7.05. The molecule has 0 radical (unpaired) electrons. The van der Waals surface area contributed by atoms with Gasteiger partial charge in [-0.3, -0.25) is 9.69 Å². The van der Waals surface area contributed by atoms with Crippen LogP contribution in [0.25, 0.3) is 0 Å². The van der Waals surface area contributed by atoms with Gasteiger partial charge in [-0.15, -0.1) is 0 Å². The van der Waals surface area contributed by atoms with Crippen LogP contribution in [0.15, 0.2) is 48.5 Å². The maximum Gasteiger partial charge on any atom is 0.238 e. The van der Waals surface area contributed by atoms with Crippen molar-refractivity contribution in [3.63, 3.8) is 0 Å². The molecule has 6 nitrogen and oxygen atoms in total. The molecule has 0 atom stereocenters. The Kier molecular flexibility index (Phi) is 7.28. The quantitative estimate of drug-likeness (QED) is 0.760. The first-order valence-corrected chi connectivity index (χ1v) is 9.71. The Balaban J connectivity index is 1.40. The van der Waals surface area contributed by atoms with E-state index in [9.17, 15) is 4.79 Å². The number of likely N-dealkylation sites (N-methyl/N-ethyl adjacent to an activating group) is 1. The summed E-state index contributed by atoms with van der Waals surface area (Å²) in [5.41, 5.74) is 3.08. The molecule has 1 aliphatic rings. The monoisotopic (exact) mass is 383 g/mol. The molecular formula is C22H29N3O3. The van der Waals surface area contributed by atoms with Gasteiger partial charge in [-0.25, -0.2) is 0 Å². The molecule has 1 amide bonds. The van der Waals surface area contributed by atoms with Gasteiger partial charge in [0.05, 0.1) is 19.8 Å². The Hall–Kier alpha value is -2.57. The van der Waals surface area contributed by atoms with Gasteiger partial charge in [0, 0.05) is 31.0 Å². The van der Waals surface area contributed by atoms with E-state index in [-0.39, 0.29) is 5.91 Å². The van der Waals surface area contributed by atoms with Gasteiger partial charge < -0.3 is 19.7 Å². The smallest absolute Gasteiger partial charge is 0.238 e. The van der Waals surface area contributed by atoms with Gasteiger partial charge >= 0.3 is 0 Å². The van der Waals surface area contributed by atoms with Crippen molar-refractivity contribution in [3.05, 3.63) is 54.1 Å². The second kappa shape index (κ2) is 10.1. The number of hydrogen-bond acceptors (Lipinski definition) is 5. The average Bonchev–Trinajstić information content (AvgIpc) is 2.70. The molecule has 0 saturated carbocycles. The second-order valence-electron chi connectivity index (χ2n) is 7.05. The Morgan fingerprint density at radius 1 is 1.14 bits per heavy atom. The molecule has 0 aliphatic carbocycles. The lowest BCUT2D eigenvalue weighted by molar-refractivity contribution is -0.117. The highest BCUT2D eigenvalue weighted by molar-refractivity contribution is 5.92. The largest absolute Gasteiger partial charge is 0.492 e. The molecule has 3 rings (SSSR count). The van der Waals surface area contributed by atoms with Crippen LogP contribution in [0.4, 0.5) is 11.4 Å². The molecule has 6 heteroatoms. The van der Waals surface area contributed by atoms with Gasteiger partial charge in [0.2, 0.25) is 5.91 Å². The minimum absolute atomic E-state index is 0.0301. The highest BCUT2D eigenvalue weighted by Crippen LogP contribution is 2.19. The number of para-hydroxylation sites is 1. The summed E-state index contributed by atoms with van der Waals surface area (Å²) < 4.78 is 11.2. The molecule has 150 valence electrons. The van der Waals surface area contributed by atoms with Crippen molar-refractivity contribution in [3.8, 4) is 5.75 Å². The molecule has 1 saturated heterocycles. The third-order valence-electron chi connectivity index (χ3n) is 4.76. The normalized spacial score (nSPS) is 14.2. The van der Waals surface area contributed by atoms with Crippen LogP contribution in [-0.2, 0) is 9.53 Å². The summed E-state index contributed by atoms with van der Waals surface area (Å²) in [6.07, 6.45) is 0. The van der Waals surface area contributed by atoms with Gasteiger partial charge in [0.15, 0.2) is 0 Å². The molecule has 1 fully saturated rings. The molecule has 0 unspecified atom stereocenters. The van der Waals surface area contributed by atoms with E-state index < -0.39 is 0 Å². The highest BCUT2D eigenvalue weighted by atomic mass is 16.5. The van der Waals surface area contributed by atoms with Gasteiger partial charge in [0.1, 0.15) is 12.4 Å². The van der Waals surface area contributed by atoms with Crippen LogP contribution in [-0.4, -0.2) is 63.9 Å². The van der Waals surface area contributed by atoms with E-state index in [1.165, 1.54) is 0 Å². The van der Waals surface area contributed by atoms with Crippen LogP contribution in [0.3, 0.4) is 0 Å². The fourth-order valence-corrected chi connectivity index (χ4v) is 3.13. The van der Waals surface area contributed by atoms with Crippen molar-refractivity contribution in [2.24, 2.45) is 0 Å². The van der Waals surface area contributed by atoms with E-state index in [4.69, 9.17) is 9.47 Å².